The topological polar surface area (TPSA) is 38.7 Å². The number of hydrogen-bond acceptors (Lipinski definition) is 5. The molecule has 0 aliphatic heterocycles. The molecule has 2 aromatic rings. The van der Waals surface area contributed by atoms with E-state index in [0.717, 1.165) is 16.3 Å². The van der Waals surface area contributed by atoms with Crippen LogP contribution in [-0.2, 0) is 0 Å². The van der Waals surface area contributed by atoms with Gasteiger partial charge in [0.05, 0.1) is 0 Å². The van der Waals surface area contributed by atoms with Crippen molar-refractivity contribution in [3.05, 3.63) is 10.4 Å². The first-order chi connectivity index (χ1) is 5.36. The summed E-state index contributed by atoms with van der Waals surface area (Å²) >= 11 is 2.84. The van der Waals surface area contributed by atoms with Gasteiger partial charge >= 0.3 is 72.4 Å². The van der Waals surface area contributed by atoms with Crippen LogP contribution in [-0.4, -0.2) is 20.7 Å². The van der Waals surface area contributed by atoms with Crippen LogP contribution in [0.4, 0.5) is 0 Å². The molecule has 0 radical (unpaired) electrons. The van der Waals surface area contributed by atoms with E-state index in [1.54, 1.807) is 7.05 Å². The van der Waals surface area contributed by atoms with Gasteiger partial charge in [0.2, 0.25) is 0 Å². The average Bonchev–Trinajstić information content (AvgIpc) is 2.55. The van der Waals surface area contributed by atoms with Gasteiger partial charge in [-0.25, -0.2) is 0 Å². The van der Waals surface area contributed by atoms with E-state index in [9.17, 15) is 0 Å². The van der Waals surface area contributed by atoms with Crippen LogP contribution >= 0.6 is 23.1 Å². The summed E-state index contributed by atoms with van der Waals surface area (Å²) in [6, 6.07) is 0. The van der Waals surface area contributed by atoms with Gasteiger partial charge in [0.25, 0.3) is 0 Å². The Kier molecular flexibility index (Phi) is 1.79. The first-order valence-electron chi connectivity index (χ1n) is 3.06. The first kappa shape index (κ1) is 7.06. The molecule has 0 fully saturated rings. The van der Waals surface area contributed by atoms with Crippen molar-refractivity contribution >= 4 is 30.1 Å². The van der Waals surface area contributed by atoms with Crippen LogP contribution in [0, 0.1) is 6.92 Å². The van der Waals surface area contributed by atoms with E-state index in [1.165, 1.54) is 23.1 Å². The molecule has 0 saturated carbocycles. The molecule has 2 heterocycles. The average molecular weight is 181 g/mol. The Hall–Kier alpha value is -0.615. The van der Waals surface area contributed by atoms with Gasteiger partial charge in [-0.1, -0.05) is 0 Å². The Balaban J connectivity index is 2.45. The molecule has 0 aromatic carbocycles. The van der Waals surface area contributed by atoms with Gasteiger partial charge in [-0.3, -0.25) is 0 Å². The molecule has 0 amide bonds. The van der Waals surface area contributed by atoms with Crippen molar-refractivity contribution in [2.45, 2.75) is 6.92 Å². The van der Waals surface area contributed by atoms with Gasteiger partial charge in [-0.05, 0) is 0 Å². The van der Waals surface area contributed by atoms with E-state index in [4.69, 9.17) is 0 Å². The van der Waals surface area contributed by atoms with Gasteiger partial charge in [0.15, 0.2) is 0 Å². The molecular weight excluding hydrogens is 177 g/mol. The van der Waals surface area contributed by atoms with Gasteiger partial charge in [0, 0.05) is 0 Å². The third-order valence-electron chi connectivity index (χ3n) is 1.22. The molecule has 6 heteroatoms. The molecule has 0 atom stereocenters. The molecule has 0 N–H and O–H groups in total. The predicted molar refractivity (Wildman–Crippen MR) is 47.1 cm³/mol. The van der Waals surface area contributed by atoms with E-state index in [-0.39, 0.29) is 0 Å². The van der Waals surface area contributed by atoms with Crippen LogP contribution in [0.5, 0.6) is 0 Å². The van der Waals surface area contributed by atoms with Crippen molar-refractivity contribution in [3.8, 4) is 11.3 Å². The van der Waals surface area contributed by atoms with Crippen LogP contribution in [0.2, 0.25) is 0 Å². The van der Waals surface area contributed by atoms with Crippen LogP contribution in [0.3, 0.4) is 0 Å². The van der Waals surface area contributed by atoms with Gasteiger partial charge in [0.1, 0.15) is 0 Å². The normalized spacial score (nSPS) is 9.91. The van der Waals surface area contributed by atoms with Crippen molar-refractivity contribution in [1.29, 1.82) is 0 Å². The quantitative estimate of drug-likeness (QED) is 0.665. The van der Waals surface area contributed by atoms with E-state index < -0.39 is 0 Å². The molecule has 0 spiro atoms. The standard InChI is InChI=1S/C5H4BN3S2/c1-3-7-5(8-11-3)4-2-10-9-6-4/h2H,1H3. The molecule has 11 heavy (non-hydrogen) atoms. The third-order valence-corrected chi connectivity index (χ3v) is 2.42. The van der Waals surface area contributed by atoms with Crippen molar-refractivity contribution in [2.24, 2.45) is 0 Å². The zero-order chi connectivity index (χ0) is 7.68. The third kappa shape index (κ3) is 1.36. The van der Waals surface area contributed by atoms with Crippen LogP contribution in [0.25, 0.3) is 11.3 Å². The molecular formula is C5H4BN3S2. The fourth-order valence-corrected chi connectivity index (χ4v) is 1.74. The predicted octanol–water partition coefficient (Wildman–Crippen LogP) is 1.31. The molecule has 54 valence electrons. The summed E-state index contributed by atoms with van der Waals surface area (Å²) in [4.78, 5) is 4.23. The molecule has 0 saturated heterocycles. The number of hydrogen-bond donors (Lipinski definition) is 0. The van der Waals surface area contributed by atoms with Crippen molar-refractivity contribution in [2.75, 3.05) is 0 Å². The van der Waals surface area contributed by atoms with Gasteiger partial charge in [-0.15, -0.1) is 0 Å². The summed E-state index contributed by atoms with van der Waals surface area (Å²) < 4.78 is 8.13. The second kappa shape index (κ2) is 2.79. The van der Waals surface area contributed by atoms with E-state index in [2.05, 4.69) is 13.6 Å². The molecule has 2 rings (SSSR count). The maximum absolute atomic E-state index is 4.23. The zero-order valence-electron chi connectivity index (χ0n) is 5.81. The SMILES string of the molecule is Cc1nc(-c2bnsc2)ns1. The van der Waals surface area contributed by atoms with Crippen LogP contribution in [0.1, 0.15) is 5.01 Å². The fourth-order valence-electron chi connectivity index (χ4n) is 0.732. The second-order valence-corrected chi connectivity index (χ2v) is 3.66. The molecule has 0 aliphatic carbocycles. The Bertz CT molecular complexity index is 342. The van der Waals surface area contributed by atoms with E-state index >= 15 is 0 Å². The Labute approximate surface area is 72.7 Å². The monoisotopic (exact) mass is 181 g/mol. The molecule has 3 nitrogen and oxygen atoms in total. The van der Waals surface area contributed by atoms with Gasteiger partial charge < -0.3 is 0 Å². The van der Waals surface area contributed by atoms with Crippen molar-refractivity contribution < 1.29 is 0 Å². The zero-order valence-corrected chi connectivity index (χ0v) is 7.45. The minimum atomic E-state index is 0.793. The Morgan fingerprint density at radius 3 is 3.00 bits per heavy atom. The van der Waals surface area contributed by atoms with E-state index in [0.29, 0.717) is 0 Å². The molecule has 0 bridgehead atoms. The van der Waals surface area contributed by atoms with E-state index in [1.807, 2.05) is 12.3 Å². The van der Waals surface area contributed by atoms with Crippen molar-refractivity contribution in [3.63, 3.8) is 0 Å². The van der Waals surface area contributed by atoms with Gasteiger partial charge in [-0.2, -0.15) is 0 Å². The first-order valence-corrected chi connectivity index (χ1v) is 4.67. The summed E-state index contributed by atoms with van der Waals surface area (Å²) in [5.74, 6) is 0.793. The Morgan fingerprint density at radius 2 is 2.45 bits per heavy atom. The number of rotatable bonds is 1. The summed E-state index contributed by atoms with van der Waals surface area (Å²) in [6.45, 7) is 1.95. The van der Waals surface area contributed by atoms with Crippen LogP contribution in [0.15, 0.2) is 5.38 Å². The maximum atomic E-state index is 4.23. The molecule has 0 aliphatic rings. The number of nitrogens with zero attached hydrogens (tertiary/aromatic N) is 3. The number of aromatic nitrogens is 3. The minimum absolute atomic E-state index is 0.793. The Morgan fingerprint density at radius 1 is 1.55 bits per heavy atom. The fraction of sp³-hybridized carbons (Fsp3) is 0.200. The molecule has 2 aromatic heterocycles. The summed E-state index contributed by atoms with van der Waals surface area (Å²) in [5, 5.41) is 2.94. The van der Waals surface area contributed by atoms with Crippen molar-refractivity contribution in [1.82, 2.24) is 13.6 Å². The number of aryl methyl sites for hydroxylation is 1. The summed E-state index contributed by atoms with van der Waals surface area (Å²) in [7, 11) is 1.78. The second-order valence-electron chi connectivity index (χ2n) is 2.05. The summed E-state index contributed by atoms with van der Waals surface area (Å²) in [5.41, 5.74) is 1.01. The van der Waals surface area contributed by atoms with Crippen LogP contribution < -0.4 is 0 Å². The summed E-state index contributed by atoms with van der Waals surface area (Å²) in [6.07, 6.45) is 0. The molecule has 0 unspecified atom stereocenters.